The fraction of sp³-hybridized carbons (Fsp3) is 0.238. The normalized spacial score (nSPS) is 20.5. The van der Waals surface area contributed by atoms with Gasteiger partial charge in [0.25, 0.3) is 0 Å². The second kappa shape index (κ2) is 7.42. The Kier molecular flexibility index (Phi) is 4.59. The van der Waals surface area contributed by atoms with Crippen LogP contribution < -0.4 is 10.6 Å². The van der Waals surface area contributed by atoms with Crippen LogP contribution in [0.2, 0.25) is 0 Å². The SMILES string of the molecule is COC(=O)c1ccc([C@@H]2Nc3nonc3NC3=C2C(=O)C[C@@H](c2cccs2)C3)cc1. The fourth-order valence-electron chi connectivity index (χ4n) is 4.01. The van der Waals surface area contributed by atoms with Gasteiger partial charge in [0.05, 0.1) is 18.7 Å². The van der Waals surface area contributed by atoms with E-state index >= 15 is 0 Å². The molecule has 2 atom stereocenters. The largest absolute Gasteiger partial charge is 0.465 e. The van der Waals surface area contributed by atoms with Crippen LogP contribution >= 0.6 is 11.3 Å². The molecule has 0 spiro atoms. The predicted molar refractivity (Wildman–Crippen MR) is 110 cm³/mol. The molecule has 5 rings (SSSR count). The topological polar surface area (TPSA) is 106 Å². The highest BCUT2D eigenvalue weighted by molar-refractivity contribution is 7.10. The fourth-order valence-corrected chi connectivity index (χ4v) is 4.84. The third-order valence-corrected chi connectivity index (χ3v) is 6.48. The number of esters is 1. The van der Waals surface area contributed by atoms with Gasteiger partial charge in [0, 0.05) is 28.5 Å². The number of Topliss-reactive ketones (excluding diaryl/α,β-unsaturated/α-hetero) is 1. The van der Waals surface area contributed by atoms with E-state index in [9.17, 15) is 9.59 Å². The monoisotopic (exact) mass is 422 g/mol. The number of anilines is 2. The number of fused-ring (bicyclic) bond motifs is 1. The second-order valence-corrected chi connectivity index (χ2v) is 8.19. The summed E-state index contributed by atoms with van der Waals surface area (Å²) in [5, 5.41) is 16.4. The van der Waals surface area contributed by atoms with Crippen molar-refractivity contribution >= 4 is 34.7 Å². The number of thiophene rings is 1. The van der Waals surface area contributed by atoms with Gasteiger partial charge in [0.2, 0.25) is 11.6 Å². The minimum atomic E-state index is -0.441. The molecule has 1 aliphatic carbocycles. The highest BCUT2D eigenvalue weighted by Crippen LogP contribution is 2.44. The number of nitrogens with zero attached hydrogens (tertiary/aromatic N) is 2. The highest BCUT2D eigenvalue weighted by atomic mass is 32.1. The van der Waals surface area contributed by atoms with E-state index in [-0.39, 0.29) is 11.7 Å². The molecule has 30 heavy (non-hydrogen) atoms. The number of allylic oxidation sites excluding steroid dienone is 1. The molecule has 2 aliphatic rings. The zero-order valence-corrected chi connectivity index (χ0v) is 16.9. The zero-order chi connectivity index (χ0) is 20.7. The third-order valence-electron chi connectivity index (χ3n) is 5.45. The van der Waals surface area contributed by atoms with E-state index in [0.29, 0.717) is 35.6 Å². The molecule has 0 unspecified atom stereocenters. The maximum Gasteiger partial charge on any atom is 0.337 e. The summed E-state index contributed by atoms with van der Waals surface area (Å²) >= 11 is 1.66. The van der Waals surface area contributed by atoms with Crippen molar-refractivity contribution in [2.45, 2.75) is 24.8 Å². The van der Waals surface area contributed by atoms with Gasteiger partial charge in [-0.3, -0.25) is 4.79 Å². The molecule has 2 N–H and O–H groups in total. The molecule has 1 aromatic carbocycles. The lowest BCUT2D eigenvalue weighted by atomic mass is 9.81. The van der Waals surface area contributed by atoms with Crippen molar-refractivity contribution < 1.29 is 19.0 Å². The Morgan fingerprint density at radius 2 is 1.97 bits per heavy atom. The van der Waals surface area contributed by atoms with E-state index in [4.69, 9.17) is 9.37 Å². The van der Waals surface area contributed by atoms with Crippen molar-refractivity contribution in [3.63, 3.8) is 0 Å². The first-order valence-electron chi connectivity index (χ1n) is 9.48. The van der Waals surface area contributed by atoms with Crippen LogP contribution in [0, 0.1) is 0 Å². The molecule has 0 saturated carbocycles. The number of methoxy groups -OCH3 is 1. The minimum absolute atomic E-state index is 0.0683. The highest BCUT2D eigenvalue weighted by Gasteiger charge is 2.37. The van der Waals surface area contributed by atoms with Crippen molar-refractivity contribution in [1.82, 2.24) is 10.3 Å². The van der Waals surface area contributed by atoms with Gasteiger partial charge >= 0.3 is 5.97 Å². The number of nitrogens with one attached hydrogen (secondary N) is 2. The van der Waals surface area contributed by atoms with Crippen LogP contribution in [0.5, 0.6) is 0 Å². The van der Waals surface area contributed by atoms with E-state index in [1.54, 1.807) is 23.5 Å². The van der Waals surface area contributed by atoms with Crippen LogP contribution in [-0.2, 0) is 9.53 Å². The molecule has 8 nitrogen and oxygen atoms in total. The van der Waals surface area contributed by atoms with E-state index in [1.165, 1.54) is 12.0 Å². The molecular formula is C21H18N4O4S. The Morgan fingerprint density at radius 1 is 1.17 bits per heavy atom. The summed E-state index contributed by atoms with van der Waals surface area (Å²) in [4.78, 5) is 26.3. The van der Waals surface area contributed by atoms with E-state index < -0.39 is 12.0 Å². The Balaban J connectivity index is 1.56. The third kappa shape index (κ3) is 3.17. The van der Waals surface area contributed by atoms with Crippen LogP contribution in [0.1, 0.15) is 45.6 Å². The smallest absolute Gasteiger partial charge is 0.337 e. The van der Waals surface area contributed by atoms with Gasteiger partial charge in [0.1, 0.15) is 0 Å². The Hall–Kier alpha value is -3.46. The van der Waals surface area contributed by atoms with Crippen LogP contribution in [-0.4, -0.2) is 29.2 Å². The number of carbonyl (C=O) groups excluding carboxylic acids is 2. The van der Waals surface area contributed by atoms with Crippen molar-refractivity contribution in [2.24, 2.45) is 0 Å². The number of hydrogen-bond acceptors (Lipinski definition) is 9. The summed E-state index contributed by atoms with van der Waals surface area (Å²) in [6.07, 6.45) is 1.13. The molecule has 0 bridgehead atoms. The van der Waals surface area contributed by atoms with Gasteiger partial charge in [-0.15, -0.1) is 11.3 Å². The first kappa shape index (κ1) is 18.6. The number of aromatic nitrogens is 2. The summed E-state index contributed by atoms with van der Waals surface area (Å²) in [5.74, 6) is 0.668. The first-order chi connectivity index (χ1) is 14.6. The summed E-state index contributed by atoms with van der Waals surface area (Å²) in [7, 11) is 1.34. The minimum Gasteiger partial charge on any atom is -0.465 e. The number of hydrogen-bond donors (Lipinski definition) is 2. The number of carbonyl (C=O) groups is 2. The van der Waals surface area contributed by atoms with Crippen LogP contribution in [0.4, 0.5) is 11.6 Å². The zero-order valence-electron chi connectivity index (χ0n) is 16.0. The summed E-state index contributed by atoms with van der Waals surface area (Å²) in [5.41, 5.74) is 2.75. The lowest BCUT2D eigenvalue weighted by Crippen LogP contribution is -2.26. The maximum absolute atomic E-state index is 13.3. The van der Waals surface area contributed by atoms with E-state index in [0.717, 1.165) is 11.3 Å². The average Bonchev–Trinajstić information content (AvgIpc) is 3.42. The molecular weight excluding hydrogens is 404 g/mol. The van der Waals surface area contributed by atoms with Gasteiger partial charge in [-0.05, 0) is 45.9 Å². The molecule has 0 radical (unpaired) electrons. The summed E-state index contributed by atoms with van der Waals surface area (Å²) < 4.78 is 9.66. The van der Waals surface area contributed by atoms with Crippen LogP contribution in [0.15, 0.2) is 57.7 Å². The maximum atomic E-state index is 13.3. The average molecular weight is 422 g/mol. The molecule has 3 heterocycles. The Bertz CT molecular complexity index is 1130. The quantitative estimate of drug-likeness (QED) is 0.612. The molecule has 0 amide bonds. The Labute approximate surface area is 175 Å². The van der Waals surface area contributed by atoms with Crippen molar-refractivity contribution in [3.05, 3.63) is 69.1 Å². The first-order valence-corrected chi connectivity index (χ1v) is 10.4. The van der Waals surface area contributed by atoms with E-state index in [2.05, 4.69) is 27.0 Å². The number of benzene rings is 1. The van der Waals surface area contributed by atoms with Crippen molar-refractivity contribution in [3.8, 4) is 0 Å². The van der Waals surface area contributed by atoms with Crippen LogP contribution in [0.3, 0.4) is 0 Å². The molecule has 9 heteroatoms. The van der Waals surface area contributed by atoms with Crippen molar-refractivity contribution in [2.75, 3.05) is 17.7 Å². The molecule has 1 aliphatic heterocycles. The summed E-state index contributed by atoms with van der Waals surface area (Å²) in [6.45, 7) is 0. The molecule has 152 valence electrons. The lowest BCUT2D eigenvalue weighted by molar-refractivity contribution is -0.116. The molecule has 2 aromatic heterocycles. The number of rotatable bonds is 3. The van der Waals surface area contributed by atoms with Crippen molar-refractivity contribution in [1.29, 1.82) is 0 Å². The van der Waals surface area contributed by atoms with Crippen LogP contribution in [0.25, 0.3) is 0 Å². The second-order valence-electron chi connectivity index (χ2n) is 7.21. The Morgan fingerprint density at radius 3 is 2.70 bits per heavy atom. The van der Waals surface area contributed by atoms with Gasteiger partial charge in [-0.1, -0.05) is 18.2 Å². The van der Waals surface area contributed by atoms with Gasteiger partial charge < -0.3 is 15.4 Å². The van der Waals surface area contributed by atoms with Gasteiger partial charge in [-0.25, -0.2) is 9.42 Å². The predicted octanol–water partition coefficient (Wildman–Crippen LogP) is 3.90. The molecule has 0 saturated heterocycles. The standard InChI is InChI=1S/C21H18N4O4S/c1-28-21(27)12-6-4-11(5-7-12)18-17-14(22-19-20(23-18)25-29-24-19)9-13(10-15(17)26)16-3-2-8-30-16/h2-8,13,18H,9-10H2,1H3,(H,22,24)(H,23,25)/t13-,18-/m0/s1. The molecule has 0 fully saturated rings. The molecule has 3 aromatic rings. The summed E-state index contributed by atoms with van der Waals surface area (Å²) in [6, 6.07) is 10.6. The number of ketones is 1. The van der Waals surface area contributed by atoms with Gasteiger partial charge in [0.15, 0.2) is 5.78 Å². The lowest BCUT2D eigenvalue weighted by Gasteiger charge is -2.29. The van der Waals surface area contributed by atoms with Gasteiger partial charge in [-0.2, -0.15) is 0 Å². The van der Waals surface area contributed by atoms with E-state index in [1.807, 2.05) is 23.6 Å². The number of ether oxygens (including phenoxy) is 1.